The Labute approximate surface area is 167 Å². The van der Waals surface area contributed by atoms with Gasteiger partial charge in [-0.1, -0.05) is 6.92 Å². The Morgan fingerprint density at radius 1 is 1.11 bits per heavy atom. The summed E-state index contributed by atoms with van der Waals surface area (Å²) in [6.07, 6.45) is 2.88. The topological polar surface area (TPSA) is 47.0 Å². The second-order valence-corrected chi connectivity index (χ2v) is 8.81. The van der Waals surface area contributed by atoms with Crippen molar-refractivity contribution in [1.29, 1.82) is 0 Å². The normalized spacial score (nSPS) is 12.5. The number of pyridine rings is 1. The van der Waals surface area contributed by atoms with Crippen molar-refractivity contribution in [3.63, 3.8) is 0 Å². The number of aromatic nitrogens is 2. The molecule has 0 bridgehead atoms. The lowest BCUT2D eigenvalue weighted by Gasteiger charge is -2.13. The number of thiazole rings is 1. The number of fused-ring (bicyclic) bond motifs is 2. The third-order valence-corrected chi connectivity index (χ3v) is 6.36. The van der Waals surface area contributed by atoms with Gasteiger partial charge < -0.3 is 10.1 Å². The van der Waals surface area contributed by atoms with Gasteiger partial charge >= 0.3 is 0 Å². The highest BCUT2D eigenvalue weighted by Gasteiger charge is 2.08. The number of nitrogens with zero attached hydrogens (tertiary/aromatic N) is 2. The molecule has 0 aliphatic rings. The molecule has 138 valence electrons. The van der Waals surface area contributed by atoms with Gasteiger partial charge in [-0.3, -0.25) is 4.98 Å². The molecule has 2 aromatic heterocycles. The SMILES string of the molecule is COCCC(C)Sc1ccc2nccc(Nc3ccc4scnc4c3)c2c1. The van der Waals surface area contributed by atoms with E-state index >= 15 is 0 Å². The summed E-state index contributed by atoms with van der Waals surface area (Å²) in [7, 11) is 1.75. The molecule has 0 aliphatic carbocycles. The molecule has 1 unspecified atom stereocenters. The van der Waals surface area contributed by atoms with E-state index in [0.29, 0.717) is 5.25 Å². The van der Waals surface area contributed by atoms with Crippen LogP contribution in [0.25, 0.3) is 21.1 Å². The lowest BCUT2D eigenvalue weighted by molar-refractivity contribution is 0.195. The third-order valence-electron chi connectivity index (χ3n) is 4.39. The maximum absolute atomic E-state index is 5.19. The molecule has 2 aromatic carbocycles. The highest BCUT2D eigenvalue weighted by atomic mass is 32.2. The van der Waals surface area contributed by atoms with Crippen molar-refractivity contribution in [3.05, 3.63) is 54.2 Å². The van der Waals surface area contributed by atoms with Crippen LogP contribution in [-0.4, -0.2) is 28.9 Å². The van der Waals surface area contributed by atoms with Crippen LogP contribution in [0.1, 0.15) is 13.3 Å². The quantitative estimate of drug-likeness (QED) is 0.383. The van der Waals surface area contributed by atoms with Crippen LogP contribution >= 0.6 is 23.1 Å². The first-order chi connectivity index (χ1) is 13.2. The number of nitrogens with one attached hydrogen (secondary N) is 1. The fraction of sp³-hybridized carbons (Fsp3) is 0.238. The van der Waals surface area contributed by atoms with Gasteiger partial charge in [0.25, 0.3) is 0 Å². The monoisotopic (exact) mass is 395 g/mol. The molecule has 0 amide bonds. The predicted octanol–water partition coefficient (Wildman–Crippen LogP) is 6.11. The molecule has 0 aliphatic heterocycles. The molecule has 4 nitrogen and oxygen atoms in total. The van der Waals surface area contributed by atoms with Gasteiger partial charge in [0.15, 0.2) is 0 Å². The molecule has 4 rings (SSSR count). The maximum atomic E-state index is 5.19. The Bertz CT molecular complexity index is 1060. The lowest BCUT2D eigenvalue weighted by atomic mass is 10.2. The number of methoxy groups -OCH3 is 1. The van der Waals surface area contributed by atoms with E-state index in [1.54, 1.807) is 18.4 Å². The zero-order valence-electron chi connectivity index (χ0n) is 15.3. The fourth-order valence-corrected chi connectivity index (χ4v) is 4.64. The third kappa shape index (κ3) is 4.24. The van der Waals surface area contributed by atoms with Crippen LogP contribution in [0.2, 0.25) is 0 Å². The minimum atomic E-state index is 0.502. The minimum Gasteiger partial charge on any atom is -0.385 e. The lowest BCUT2D eigenvalue weighted by Crippen LogP contribution is -2.01. The Balaban J connectivity index is 1.62. The Morgan fingerprint density at radius 3 is 2.93 bits per heavy atom. The van der Waals surface area contributed by atoms with Crippen molar-refractivity contribution in [3.8, 4) is 0 Å². The smallest absolute Gasteiger partial charge is 0.0832 e. The van der Waals surface area contributed by atoms with Gasteiger partial charge in [-0.15, -0.1) is 23.1 Å². The molecule has 2 heterocycles. The van der Waals surface area contributed by atoms with Gasteiger partial charge in [0.2, 0.25) is 0 Å². The molecule has 1 N–H and O–H groups in total. The summed E-state index contributed by atoms with van der Waals surface area (Å²) >= 11 is 3.53. The average Bonchev–Trinajstić information content (AvgIpc) is 3.15. The van der Waals surface area contributed by atoms with E-state index in [4.69, 9.17) is 4.74 Å². The summed E-state index contributed by atoms with van der Waals surface area (Å²) in [5.74, 6) is 0. The van der Waals surface area contributed by atoms with Crippen LogP contribution in [0.5, 0.6) is 0 Å². The molecule has 0 fully saturated rings. The largest absolute Gasteiger partial charge is 0.385 e. The molecule has 0 saturated heterocycles. The molecular formula is C21H21N3OS2. The van der Waals surface area contributed by atoms with Gasteiger partial charge in [-0.2, -0.15) is 0 Å². The van der Waals surface area contributed by atoms with Crippen molar-refractivity contribution in [1.82, 2.24) is 9.97 Å². The minimum absolute atomic E-state index is 0.502. The highest BCUT2D eigenvalue weighted by molar-refractivity contribution is 8.00. The van der Waals surface area contributed by atoms with Crippen LogP contribution in [0.3, 0.4) is 0 Å². The number of hydrogen-bond donors (Lipinski definition) is 1. The van der Waals surface area contributed by atoms with Gasteiger partial charge in [0, 0.05) is 46.8 Å². The second kappa shape index (κ2) is 8.25. The van der Waals surface area contributed by atoms with E-state index in [0.717, 1.165) is 40.8 Å². The first kappa shape index (κ1) is 18.2. The van der Waals surface area contributed by atoms with Crippen molar-refractivity contribution < 1.29 is 4.74 Å². The molecule has 0 saturated carbocycles. The fourth-order valence-electron chi connectivity index (χ4n) is 2.97. The molecule has 27 heavy (non-hydrogen) atoms. The van der Waals surface area contributed by atoms with E-state index in [2.05, 4.69) is 58.6 Å². The molecule has 0 radical (unpaired) electrons. The number of thioether (sulfide) groups is 1. The number of rotatable bonds is 7. The molecular weight excluding hydrogens is 374 g/mol. The van der Waals surface area contributed by atoms with Gasteiger partial charge in [-0.25, -0.2) is 4.98 Å². The number of anilines is 2. The number of benzene rings is 2. The summed E-state index contributed by atoms with van der Waals surface area (Å²) in [4.78, 5) is 10.2. The summed E-state index contributed by atoms with van der Waals surface area (Å²) < 4.78 is 6.39. The summed E-state index contributed by atoms with van der Waals surface area (Å²) in [6, 6.07) is 14.8. The maximum Gasteiger partial charge on any atom is 0.0832 e. The summed E-state index contributed by atoms with van der Waals surface area (Å²) in [5, 5.41) is 5.17. The van der Waals surface area contributed by atoms with Crippen LogP contribution in [-0.2, 0) is 4.74 Å². The van der Waals surface area contributed by atoms with Crippen molar-refractivity contribution in [2.45, 2.75) is 23.5 Å². The molecule has 6 heteroatoms. The summed E-state index contributed by atoms with van der Waals surface area (Å²) in [6.45, 7) is 3.02. The van der Waals surface area contributed by atoms with Crippen molar-refractivity contribution in [2.24, 2.45) is 0 Å². The Kier molecular flexibility index (Phi) is 5.57. The van der Waals surface area contributed by atoms with Gasteiger partial charge in [0.05, 0.1) is 21.2 Å². The van der Waals surface area contributed by atoms with Crippen molar-refractivity contribution >= 4 is 55.6 Å². The van der Waals surface area contributed by atoms with Crippen LogP contribution in [0.15, 0.2) is 59.1 Å². The summed E-state index contributed by atoms with van der Waals surface area (Å²) in [5.41, 5.74) is 5.98. The highest BCUT2D eigenvalue weighted by Crippen LogP contribution is 2.32. The standard InChI is InChI=1S/C21H21N3OS2/c1-14(8-10-25-2)27-16-4-5-18-17(12-16)19(7-9-22-18)24-15-3-6-21-20(11-15)23-13-26-21/h3-7,9,11-14H,8,10H2,1-2H3,(H,22,24). The zero-order valence-corrected chi connectivity index (χ0v) is 16.9. The first-order valence-electron chi connectivity index (χ1n) is 8.87. The predicted molar refractivity (Wildman–Crippen MR) is 116 cm³/mol. The van der Waals surface area contributed by atoms with E-state index < -0.39 is 0 Å². The molecule has 1 atom stereocenters. The van der Waals surface area contributed by atoms with Gasteiger partial charge in [-0.05, 0) is 48.9 Å². The molecule has 0 spiro atoms. The zero-order chi connectivity index (χ0) is 18.6. The second-order valence-electron chi connectivity index (χ2n) is 6.41. The van der Waals surface area contributed by atoms with Crippen LogP contribution < -0.4 is 5.32 Å². The van der Waals surface area contributed by atoms with Gasteiger partial charge in [0.1, 0.15) is 0 Å². The average molecular weight is 396 g/mol. The van der Waals surface area contributed by atoms with E-state index in [1.165, 1.54) is 9.60 Å². The van der Waals surface area contributed by atoms with E-state index in [9.17, 15) is 0 Å². The number of ether oxygens (including phenoxy) is 1. The van der Waals surface area contributed by atoms with E-state index in [1.807, 2.05) is 29.5 Å². The van der Waals surface area contributed by atoms with Crippen LogP contribution in [0, 0.1) is 0 Å². The Morgan fingerprint density at radius 2 is 2.04 bits per heavy atom. The van der Waals surface area contributed by atoms with Crippen molar-refractivity contribution in [2.75, 3.05) is 19.0 Å². The molecule has 4 aromatic rings. The van der Waals surface area contributed by atoms with E-state index in [-0.39, 0.29) is 0 Å². The van der Waals surface area contributed by atoms with Crippen LogP contribution in [0.4, 0.5) is 11.4 Å². The Hall–Kier alpha value is -2.15. The number of hydrogen-bond acceptors (Lipinski definition) is 6. The first-order valence-corrected chi connectivity index (χ1v) is 10.6.